The highest BCUT2D eigenvalue weighted by molar-refractivity contribution is 5.81. The molecule has 1 unspecified atom stereocenters. The van der Waals surface area contributed by atoms with E-state index < -0.39 is 0 Å². The van der Waals surface area contributed by atoms with Gasteiger partial charge in [0.15, 0.2) is 0 Å². The van der Waals surface area contributed by atoms with Crippen molar-refractivity contribution in [3.05, 3.63) is 0 Å². The highest BCUT2D eigenvalue weighted by Crippen LogP contribution is 2.11. The van der Waals surface area contributed by atoms with E-state index in [-0.39, 0.29) is 17.9 Å². The molecule has 0 aromatic carbocycles. The minimum atomic E-state index is -0.339. The number of carbonyl (C=O) groups is 1. The van der Waals surface area contributed by atoms with Crippen molar-refractivity contribution in [2.24, 2.45) is 17.6 Å². The van der Waals surface area contributed by atoms with E-state index in [2.05, 4.69) is 20.8 Å². The summed E-state index contributed by atoms with van der Waals surface area (Å²) in [6.07, 6.45) is 2.05. The minimum Gasteiger partial charge on any atom is -0.341 e. The molecule has 0 aromatic heterocycles. The van der Waals surface area contributed by atoms with Crippen LogP contribution in [0.3, 0.4) is 0 Å². The first-order valence-electron chi connectivity index (χ1n) is 6.52. The number of amides is 1. The molecule has 16 heavy (non-hydrogen) atoms. The summed E-state index contributed by atoms with van der Waals surface area (Å²) in [5.41, 5.74) is 5.97. The van der Waals surface area contributed by atoms with E-state index >= 15 is 0 Å². The lowest BCUT2D eigenvalue weighted by molar-refractivity contribution is -0.134. The van der Waals surface area contributed by atoms with Crippen LogP contribution < -0.4 is 5.73 Å². The Labute approximate surface area is 100 Å². The fraction of sp³-hybridized carbons (Fsp3) is 0.923. The zero-order valence-electron chi connectivity index (χ0n) is 11.5. The molecular weight excluding hydrogens is 200 g/mol. The first-order chi connectivity index (χ1) is 7.47. The van der Waals surface area contributed by atoms with Crippen LogP contribution in [0.2, 0.25) is 0 Å². The molecule has 96 valence electrons. The van der Waals surface area contributed by atoms with Crippen LogP contribution in [0, 0.1) is 11.8 Å². The SMILES string of the molecule is CCC(C)CN(CC)C(=O)[C@@H](N)[C@@H](C)CC. The van der Waals surface area contributed by atoms with Crippen molar-refractivity contribution in [3.8, 4) is 0 Å². The summed E-state index contributed by atoms with van der Waals surface area (Å²) in [5.74, 6) is 0.920. The highest BCUT2D eigenvalue weighted by Gasteiger charge is 2.24. The first kappa shape index (κ1) is 15.4. The van der Waals surface area contributed by atoms with Gasteiger partial charge >= 0.3 is 0 Å². The van der Waals surface area contributed by atoms with Gasteiger partial charge in [0.25, 0.3) is 0 Å². The Morgan fingerprint density at radius 1 is 1.19 bits per heavy atom. The summed E-state index contributed by atoms with van der Waals surface area (Å²) in [4.78, 5) is 14.0. The third-order valence-electron chi connectivity index (χ3n) is 3.46. The normalized spacial score (nSPS) is 16.6. The standard InChI is InChI=1S/C13H28N2O/c1-6-10(4)9-15(8-3)13(16)12(14)11(5)7-2/h10-12H,6-9,14H2,1-5H3/t10?,11-,12-/m0/s1. The Morgan fingerprint density at radius 2 is 1.75 bits per heavy atom. The van der Waals surface area contributed by atoms with Gasteiger partial charge in [-0.25, -0.2) is 0 Å². The van der Waals surface area contributed by atoms with Gasteiger partial charge in [-0.05, 0) is 18.8 Å². The Bertz CT molecular complexity index is 206. The molecule has 0 bridgehead atoms. The van der Waals surface area contributed by atoms with Crippen LogP contribution in [0.25, 0.3) is 0 Å². The van der Waals surface area contributed by atoms with Crippen LogP contribution in [0.15, 0.2) is 0 Å². The maximum atomic E-state index is 12.1. The maximum Gasteiger partial charge on any atom is 0.239 e. The van der Waals surface area contributed by atoms with Crippen molar-refractivity contribution in [3.63, 3.8) is 0 Å². The monoisotopic (exact) mass is 228 g/mol. The molecule has 0 heterocycles. The summed E-state index contributed by atoms with van der Waals surface area (Å²) in [7, 11) is 0. The molecule has 0 spiro atoms. The molecule has 3 heteroatoms. The van der Waals surface area contributed by atoms with Crippen molar-refractivity contribution < 1.29 is 4.79 Å². The van der Waals surface area contributed by atoms with Gasteiger partial charge in [0, 0.05) is 13.1 Å². The molecule has 0 aliphatic carbocycles. The van der Waals surface area contributed by atoms with Crippen molar-refractivity contribution in [1.29, 1.82) is 0 Å². The minimum absolute atomic E-state index is 0.108. The van der Waals surface area contributed by atoms with Gasteiger partial charge in [-0.2, -0.15) is 0 Å². The number of nitrogens with two attached hydrogens (primary N) is 1. The molecule has 0 saturated carbocycles. The fourth-order valence-electron chi connectivity index (χ4n) is 1.59. The zero-order chi connectivity index (χ0) is 12.7. The van der Waals surface area contributed by atoms with Crippen molar-refractivity contribution >= 4 is 5.91 Å². The second-order valence-corrected chi connectivity index (χ2v) is 4.80. The molecule has 1 amide bonds. The average molecular weight is 228 g/mol. The van der Waals surface area contributed by atoms with Crippen LogP contribution in [0.1, 0.15) is 47.5 Å². The predicted molar refractivity (Wildman–Crippen MR) is 69.1 cm³/mol. The van der Waals surface area contributed by atoms with Crippen LogP contribution >= 0.6 is 0 Å². The fourth-order valence-corrected chi connectivity index (χ4v) is 1.59. The first-order valence-corrected chi connectivity index (χ1v) is 6.52. The van der Waals surface area contributed by atoms with E-state index in [0.717, 1.165) is 25.9 Å². The lowest BCUT2D eigenvalue weighted by Gasteiger charge is -2.29. The van der Waals surface area contributed by atoms with Crippen molar-refractivity contribution in [1.82, 2.24) is 4.90 Å². The molecule has 0 rings (SSSR count). The van der Waals surface area contributed by atoms with E-state index in [4.69, 9.17) is 5.73 Å². The molecular formula is C13H28N2O. The summed E-state index contributed by atoms with van der Waals surface area (Å²) in [5, 5.41) is 0. The second kappa shape index (κ2) is 7.66. The van der Waals surface area contributed by atoms with Gasteiger partial charge in [0.1, 0.15) is 0 Å². The van der Waals surface area contributed by atoms with Gasteiger partial charge in [-0.1, -0.05) is 40.5 Å². The lowest BCUT2D eigenvalue weighted by Crippen LogP contribution is -2.48. The average Bonchev–Trinajstić information content (AvgIpc) is 2.32. The maximum absolute atomic E-state index is 12.1. The molecule has 0 fully saturated rings. The van der Waals surface area contributed by atoms with Crippen LogP contribution in [-0.4, -0.2) is 29.9 Å². The van der Waals surface area contributed by atoms with Gasteiger partial charge in [0.2, 0.25) is 5.91 Å². The molecule has 0 aliphatic heterocycles. The van der Waals surface area contributed by atoms with E-state index in [9.17, 15) is 4.79 Å². The molecule has 3 atom stereocenters. The molecule has 0 radical (unpaired) electrons. The quantitative estimate of drug-likeness (QED) is 0.726. The number of hydrogen-bond acceptors (Lipinski definition) is 2. The van der Waals surface area contributed by atoms with Crippen molar-refractivity contribution in [2.75, 3.05) is 13.1 Å². The number of hydrogen-bond donors (Lipinski definition) is 1. The smallest absolute Gasteiger partial charge is 0.239 e. The summed E-state index contributed by atoms with van der Waals surface area (Å²) in [6, 6.07) is -0.339. The highest BCUT2D eigenvalue weighted by atomic mass is 16.2. The number of rotatable bonds is 7. The Kier molecular flexibility index (Phi) is 7.39. The summed E-state index contributed by atoms with van der Waals surface area (Å²) < 4.78 is 0. The van der Waals surface area contributed by atoms with Gasteiger partial charge in [-0.15, -0.1) is 0 Å². The third-order valence-corrected chi connectivity index (χ3v) is 3.46. The van der Waals surface area contributed by atoms with Crippen LogP contribution in [0.5, 0.6) is 0 Å². The van der Waals surface area contributed by atoms with E-state index in [1.165, 1.54) is 0 Å². The van der Waals surface area contributed by atoms with E-state index in [1.807, 2.05) is 18.7 Å². The second-order valence-electron chi connectivity index (χ2n) is 4.80. The summed E-state index contributed by atoms with van der Waals surface area (Å²) >= 11 is 0. The molecule has 0 aliphatic rings. The third kappa shape index (κ3) is 4.52. The van der Waals surface area contributed by atoms with Crippen LogP contribution in [-0.2, 0) is 4.79 Å². The van der Waals surface area contributed by atoms with E-state index in [0.29, 0.717) is 5.92 Å². The summed E-state index contributed by atoms with van der Waals surface area (Å²) in [6.45, 7) is 12.0. The van der Waals surface area contributed by atoms with Gasteiger partial charge in [0.05, 0.1) is 6.04 Å². The Morgan fingerprint density at radius 3 is 2.12 bits per heavy atom. The van der Waals surface area contributed by atoms with E-state index in [1.54, 1.807) is 0 Å². The van der Waals surface area contributed by atoms with Gasteiger partial charge in [-0.3, -0.25) is 4.79 Å². The number of carbonyl (C=O) groups excluding carboxylic acids is 1. The zero-order valence-corrected chi connectivity index (χ0v) is 11.5. The largest absolute Gasteiger partial charge is 0.341 e. The van der Waals surface area contributed by atoms with Crippen molar-refractivity contribution in [2.45, 2.75) is 53.5 Å². The topological polar surface area (TPSA) is 46.3 Å². The Hall–Kier alpha value is -0.570. The number of likely N-dealkylation sites (N-methyl/N-ethyl adjacent to an activating group) is 1. The lowest BCUT2D eigenvalue weighted by atomic mass is 9.98. The van der Waals surface area contributed by atoms with Gasteiger partial charge < -0.3 is 10.6 Å². The molecule has 2 N–H and O–H groups in total. The predicted octanol–water partition coefficient (Wildman–Crippen LogP) is 2.25. The van der Waals surface area contributed by atoms with Crippen LogP contribution in [0.4, 0.5) is 0 Å². The number of nitrogens with zero attached hydrogens (tertiary/aromatic N) is 1. The molecule has 0 aromatic rings. The Balaban J connectivity index is 4.40. The molecule has 0 saturated heterocycles. The molecule has 3 nitrogen and oxygen atoms in total.